The highest BCUT2D eigenvalue weighted by Crippen LogP contribution is 2.29. The lowest BCUT2D eigenvalue weighted by atomic mass is 9.81. The van der Waals surface area contributed by atoms with Crippen molar-refractivity contribution in [1.29, 1.82) is 0 Å². The fourth-order valence-electron chi connectivity index (χ4n) is 1.40. The van der Waals surface area contributed by atoms with Gasteiger partial charge in [0.25, 0.3) is 0 Å². The molecule has 112 valence electrons. The van der Waals surface area contributed by atoms with Gasteiger partial charge in [-0.3, -0.25) is 4.79 Å². The van der Waals surface area contributed by atoms with Gasteiger partial charge in [0, 0.05) is 0 Å². The Labute approximate surface area is 122 Å². The van der Waals surface area contributed by atoms with Crippen molar-refractivity contribution in [3.05, 3.63) is 24.3 Å². The van der Waals surface area contributed by atoms with Gasteiger partial charge in [-0.15, -0.1) is 0 Å². The molecule has 0 amide bonds. The predicted octanol–water partition coefficient (Wildman–Crippen LogP) is 4.45. The minimum Gasteiger partial charge on any atom is -0.488 e. The Morgan fingerprint density at radius 2 is 1.40 bits per heavy atom. The van der Waals surface area contributed by atoms with Crippen LogP contribution >= 0.6 is 0 Å². The Kier molecular flexibility index (Phi) is 4.85. The smallest absolute Gasteiger partial charge is 0.317 e. The first-order chi connectivity index (χ1) is 9.02. The molecule has 0 radical (unpaired) electrons. The van der Waals surface area contributed by atoms with Crippen molar-refractivity contribution in [3.8, 4) is 11.5 Å². The Morgan fingerprint density at radius 3 is 1.80 bits per heavy atom. The van der Waals surface area contributed by atoms with Crippen molar-refractivity contribution < 1.29 is 14.3 Å². The Balaban J connectivity index is 2.74. The van der Waals surface area contributed by atoms with E-state index in [-0.39, 0.29) is 17.5 Å². The van der Waals surface area contributed by atoms with Crippen LogP contribution in [0.2, 0.25) is 0 Å². The number of hydrogen-bond acceptors (Lipinski definition) is 3. The summed E-state index contributed by atoms with van der Waals surface area (Å²) in [5.74, 6) is 1.32. The molecule has 0 heterocycles. The van der Waals surface area contributed by atoms with Gasteiger partial charge < -0.3 is 9.47 Å². The van der Waals surface area contributed by atoms with Gasteiger partial charge in [0.15, 0.2) is 0 Å². The van der Waals surface area contributed by atoms with Gasteiger partial charge in [-0.25, -0.2) is 0 Å². The van der Waals surface area contributed by atoms with Crippen LogP contribution in [0.15, 0.2) is 24.3 Å². The van der Waals surface area contributed by atoms with Gasteiger partial charge in [-0.1, -0.05) is 13.8 Å². The highest BCUT2D eigenvalue weighted by molar-refractivity contribution is 5.78. The number of carbonyl (C=O) groups excluding carboxylic acids is 1. The number of benzene rings is 1. The molecule has 1 aromatic carbocycles. The maximum Gasteiger partial charge on any atom is 0.317 e. The molecular weight excluding hydrogens is 252 g/mol. The molecule has 0 saturated heterocycles. The van der Waals surface area contributed by atoms with E-state index < -0.39 is 5.41 Å². The van der Waals surface area contributed by atoms with E-state index in [0.717, 1.165) is 5.75 Å². The van der Waals surface area contributed by atoms with Crippen LogP contribution in [0.3, 0.4) is 0 Å². The zero-order valence-corrected chi connectivity index (χ0v) is 13.6. The molecule has 0 unspecified atom stereocenters. The fourth-order valence-corrected chi connectivity index (χ4v) is 1.40. The van der Waals surface area contributed by atoms with E-state index in [0.29, 0.717) is 5.75 Å². The fraction of sp³-hybridized carbons (Fsp3) is 0.588. The van der Waals surface area contributed by atoms with Crippen molar-refractivity contribution in [2.45, 2.75) is 54.1 Å². The number of ether oxygens (including phenoxy) is 2. The Hall–Kier alpha value is -1.51. The summed E-state index contributed by atoms with van der Waals surface area (Å²) in [5, 5.41) is 0. The summed E-state index contributed by atoms with van der Waals surface area (Å²) in [6.45, 7) is 13.8. The molecule has 0 N–H and O–H groups in total. The maximum atomic E-state index is 12.1. The van der Waals surface area contributed by atoms with Crippen LogP contribution in [-0.4, -0.2) is 11.6 Å². The summed E-state index contributed by atoms with van der Waals surface area (Å²) in [6.07, 6.45) is 0. The van der Waals surface area contributed by atoms with Gasteiger partial charge >= 0.3 is 5.97 Å². The van der Waals surface area contributed by atoms with Crippen molar-refractivity contribution in [2.24, 2.45) is 11.3 Å². The molecule has 0 spiro atoms. The monoisotopic (exact) mass is 278 g/mol. The second-order valence-electron chi connectivity index (χ2n) is 6.95. The van der Waals surface area contributed by atoms with Crippen LogP contribution in [0.5, 0.6) is 11.5 Å². The SMILES string of the molecule is CC(C)C(C)(C)C(=O)Oc1ccc(OC(C)(C)C)cc1. The van der Waals surface area contributed by atoms with E-state index in [1.165, 1.54) is 0 Å². The molecule has 0 saturated carbocycles. The van der Waals surface area contributed by atoms with Crippen molar-refractivity contribution in [2.75, 3.05) is 0 Å². The molecule has 0 aromatic heterocycles. The average Bonchev–Trinajstić information content (AvgIpc) is 2.29. The van der Waals surface area contributed by atoms with Crippen LogP contribution in [-0.2, 0) is 4.79 Å². The maximum absolute atomic E-state index is 12.1. The Bertz CT molecular complexity index is 450. The van der Waals surface area contributed by atoms with E-state index >= 15 is 0 Å². The summed E-state index contributed by atoms with van der Waals surface area (Å²) in [4.78, 5) is 12.1. The molecule has 0 fully saturated rings. The molecule has 0 atom stereocenters. The van der Waals surface area contributed by atoms with Crippen LogP contribution in [0.25, 0.3) is 0 Å². The lowest BCUT2D eigenvalue weighted by Crippen LogP contribution is -2.33. The largest absolute Gasteiger partial charge is 0.488 e. The van der Waals surface area contributed by atoms with Gasteiger partial charge in [-0.2, -0.15) is 0 Å². The topological polar surface area (TPSA) is 35.5 Å². The third-order valence-corrected chi connectivity index (χ3v) is 3.43. The van der Waals surface area contributed by atoms with Gasteiger partial charge in [0.1, 0.15) is 17.1 Å². The van der Waals surface area contributed by atoms with Crippen molar-refractivity contribution >= 4 is 5.97 Å². The molecule has 0 bridgehead atoms. The summed E-state index contributed by atoms with van der Waals surface area (Å²) in [5.41, 5.74) is -0.738. The lowest BCUT2D eigenvalue weighted by molar-refractivity contribution is -0.146. The molecule has 0 aliphatic heterocycles. The highest BCUT2D eigenvalue weighted by atomic mass is 16.5. The zero-order valence-electron chi connectivity index (χ0n) is 13.6. The summed E-state index contributed by atoms with van der Waals surface area (Å²) >= 11 is 0. The first kappa shape index (κ1) is 16.5. The number of hydrogen-bond donors (Lipinski definition) is 0. The van der Waals surface area contributed by atoms with Gasteiger partial charge in [0.2, 0.25) is 0 Å². The van der Waals surface area contributed by atoms with Crippen LogP contribution < -0.4 is 9.47 Å². The molecule has 3 heteroatoms. The lowest BCUT2D eigenvalue weighted by Gasteiger charge is -2.26. The Morgan fingerprint density at radius 1 is 0.950 bits per heavy atom. The van der Waals surface area contributed by atoms with Crippen molar-refractivity contribution in [1.82, 2.24) is 0 Å². The third-order valence-electron chi connectivity index (χ3n) is 3.43. The molecule has 1 aromatic rings. The summed E-state index contributed by atoms with van der Waals surface area (Å²) in [6, 6.07) is 7.15. The van der Waals surface area contributed by atoms with E-state index in [2.05, 4.69) is 0 Å². The second kappa shape index (κ2) is 5.86. The van der Waals surface area contributed by atoms with E-state index in [1.54, 1.807) is 12.1 Å². The predicted molar refractivity (Wildman–Crippen MR) is 81.1 cm³/mol. The average molecular weight is 278 g/mol. The van der Waals surface area contributed by atoms with E-state index in [1.807, 2.05) is 60.6 Å². The van der Waals surface area contributed by atoms with E-state index in [4.69, 9.17) is 9.47 Å². The first-order valence-electron chi connectivity index (χ1n) is 7.04. The summed E-state index contributed by atoms with van der Waals surface area (Å²) < 4.78 is 11.2. The van der Waals surface area contributed by atoms with Crippen LogP contribution in [0.4, 0.5) is 0 Å². The molecule has 3 nitrogen and oxygen atoms in total. The summed E-state index contributed by atoms with van der Waals surface area (Å²) in [7, 11) is 0. The standard InChI is InChI=1S/C17H26O3/c1-12(2)17(6,7)15(18)19-13-8-10-14(11-9-13)20-16(3,4)5/h8-12H,1-7H3. The second-order valence-corrected chi connectivity index (χ2v) is 6.95. The molecule has 20 heavy (non-hydrogen) atoms. The van der Waals surface area contributed by atoms with Crippen molar-refractivity contribution in [3.63, 3.8) is 0 Å². The minimum absolute atomic E-state index is 0.211. The minimum atomic E-state index is -0.499. The number of esters is 1. The quantitative estimate of drug-likeness (QED) is 0.603. The first-order valence-corrected chi connectivity index (χ1v) is 7.04. The third kappa shape index (κ3) is 4.55. The van der Waals surface area contributed by atoms with Gasteiger partial charge in [-0.05, 0) is 64.8 Å². The molecule has 1 rings (SSSR count). The molecule has 0 aliphatic rings. The normalized spacial score (nSPS) is 12.4. The number of carbonyl (C=O) groups is 1. The highest BCUT2D eigenvalue weighted by Gasteiger charge is 2.33. The van der Waals surface area contributed by atoms with Crippen LogP contribution in [0.1, 0.15) is 48.5 Å². The van der Waals surface area contributed by atoms with Gasteiger partial charge in [0.05, 0.1) is 5.41 Å². The van der Waals surface area contributed by atoms with Crippen LogP contribution in [0, 0.1) is 11.3 Å². The van der Waals surface area contributed by atoms with E-state index in [9.17, 15) is 4.79 Å². The molecular formula is C17H26O3. The number of rotatable bonds is 4. The molecule has 0 aliphatic carbocycles. The zero-order chi connectivity index (χ0) is 15.6.